The minimum Gasteiger partial charge on any atom is -0.298 e. The Bertz CT molecular complexity index is 762. The lowest BCUT2D eigenvalue weighted by molar-refractivity contribution is 0.112. The molecule has 0 aliphatic rings. The fraction of sp³-hybridized carbons (Fsp3) is 0. The number of benzene rings is 3. The largest absolute Gasteiger partial charge is 0.298 e. The number of hydrogen-bond donors (Lipinski definition) is 0. The minimum atomic E-state index is 0.701. The first-order chi connectivity index (χ1) is 9.86. The summed E-state index contributed by atoms with van der Waals surface area (Å²) < 4.78 is 0. The Balaban J connectivity index is 1.95. The van der Waals surface area contributed by atoms with E-state index < -0.39 is 0 Å². The van der Waals surface area contributed by atoms with Crippen LogP contribution in [0.3, 0.4) is 0 Å². The summed E-state index contributed by atoms with van der Waals surface area (Å²) in [5.74, 6) is 0. The van der Waals surface area contributed by atoms with E-state index in [4.69, 9.17) is 0 Å². The molecule has 0 saturated carbocycles. The third kappa shape index (κ3) is 2.52. The van der Waals surface area contributed by atoms with Crippen molar-refractivity contribution in [3.8, 4) is 0 Å². The van der Waals surface area contributed by atoms with E-state index in [1.165, 1.54) is 16.3 Å². The number of carbonyl (C=O) groups excluding carboxylic acids is 1. The Labute approximate surface area is 118 Å². The van der Waals surface area contributed by atoms with Crippen LogP contribution in [-0.2, 0) is 0 Å². The smallest absolute Gasteiger partial charge is 0.150 e. The fourth-order valence-corrected chi connectivity index (χ4v) is 2.27. The quantitative estimate of drug-likeness (QED) is 0.486. The van der Waals surface area contributed by atoms with E-state index >= 15 is 0 Å². The van der Waals surface area contributed by atoms with Crippen LogP contribution in [0, 0.1) is 0 Å². The molecule has 0 radical (unpaired) electrons. The van der Waals surface area contributed by atoms with Crippen molar-refractivity contribution in [2.75, 3.05) is 0 Å². The lowest BCUT2D eigenvalue weighted by atomic mass is 10.0. The molecule has 1 heteroatoms. The Morgan fingerprint density at radius 2 is 1.35 bits per heavy atom. The van der Waals surface area contributed by atoms with E-state index in [-0.39, 0.29) is 0 Å². The second-order valence-electron chi connectivity index (χ2n) is 4.69. The Morgan fingerprint density at radius 3 is 2.15 bits per heavy atom. The maximum Gasteiger partial charge on any atom is 0.150 e. The zero-order valence-corrected chi connectivity index (χ0v) is 11.0. The van der Waals surface area contributed by atoms with E-state index in [1.54, 1.807) is 0 Å². The minimum absolute atomic E-state index is 0.701. The molecule has 0 aliphatic carbocycles. The molecule has 0 unspecified atom stereocenters. The molecule has 0 spiro atoms. The van der Waals surface area contributed by atoms with Gasteiger partial charge in [-0.3, -0.25) is 4.79 Å². The standard InChI is InChI=1S/C19H14O/c20-14-16-10-8-15(9-11-16)12-13-18-6-3-5-17-4-1-2-7-19(17)18/h1-14H. The summed E-state index contributed by atoms with van der Waals surface area (Å²) in [4.78, 5) is 10.6. The van der Waals surface area contributed by atoms with Crippen molar-refractivity contribution in [2.24, 2.45) is 0 Å². The van der Waals surface area contributed by atoms with Crippen molar-refractivity contribution in [2.45, 2.75) is 0 Å². The van der Waals surface area contributed by atoms with Crippen LogP contribution < -0.4 is 0 Å². The summed E-state index contributed by atoms with van der Waals surface area (Å²) in [7, 11) is 0. The summed E-state index contributed by atoms with van der Waals surface area (Å²) in [5.41, 5.74) is 2.98. The topological polar surface area (TPSA) is 17.1 Å². The molecule has 20 heavy (non-hydrogen) atoms. The van der Waals surface area contributed by atoms with Gasteiger partial charge in [0.1, 0.15) is 6.29 Å². The average molecular weight is 258 g/mol. The molecule has 3 aromatic rings. The van der Waals surface area contributed by atoms with Crippen LogP contribution in [0.5, 0.6) is 0 Å². The molecule has 0 bridgehead atoms. The SMILES string of the molecule is O=Cc1ccc(C=Cc2cccc3ccccc23)cc1. The zero-order valence-electron chi connectivity index (χ0n) is 11.0. The molecule has 1 nitrogen and oxygen atoms in total. The maximum absolute atomic E-state index is 10.6. The monoisotopic (exact) mass is 258 g/mol. The van der Waals surface area contributed by atoms with Gasteiger partial charge in [0.25, 0.3) is 0 Å². The van der Waals surface area contributed by atoms with E-state index in [0.29, 0.717) is 5.56 Å². The molecule has 3 rings (SSSR count). The number of carbonyl (C=O) groups is 1. The Morgan fingerprint density at radius 1 is 0.650 bits per heavy atom. The summed E-state index contributed by atoms with van der Waals surface area (Å²) >= 11 is 0. The highest BCUT2D eigenvalue weighted by Crippen LogP contribution is 2.20. The normalized spacial score (nSPS) is 11.0. The van der Waals surface area contributed by atoms with Crippen molar-refractivity contribution >= 4 is 29.2 Å². The third-order valence-corrected chi connectivity index (χ3v) is 3.35. The van der Waals surface area contributed by atoms with Crippen molar-refractivity contribution in [3.63, 3.8) is 0 Å². The molecule has 0 saturated heterocycles. The lowest BCUT2D eigenvalue weighted by Gasteiger charge is -2.01. The molecule has 0 heterocycles. The number of rotatable bonds is 3. The van der Waals surface area contributed by atoms with Crippen LogP contribution in [0.4, 0.5) is 0 Å². The Kier molecular flexibility index (Phi) is 3.42. The average Bonchev–Trinajstić information content (AvgIpc) is 2.53. The first kappa shape index (κ1) is 12.4. The second kappa shape index (κ2) is 5.54. The number of fused-ring (bicyclic) bond motifs is 1. The highest BCUT2D eigenvalue weighted by Gasteiger charge is 1.96. The van der Waals surface area contributed by atoms with Crippen LogP contribution in [0.15, 0.2) is 66.7 Å². The molecule has 0 N–H and O–H groups in total. The molecule has 0 atom stereocenters. The van der Waals surface area contributed by atoms with Crippen molar-refractivity contribution in [1.29, 1.82) is 0 Å². The third-order valence-electron chi connectivity index (χ3n) is 3.35. The van der Waals surface area contributed by atoms with E-state index in [9.17, 15) is 4.79 Å². The van der Waals surface area contributed by atoms with Crippen molar-refractivity contribution in [1.82, 2.24) is 0 Å². The van der Waals surface area contributed by atoms with Gasteiger partial charge in [-0.1, -0.05) is 78.9 Å². The van der Waals surface area contributed by atoms with Crippen LogP contribution in [0.1, 0.15) is 21.5 Å². The maximum atomic E-state index is 10.6. The van der Waals surface area contributed by atoms with Gasteiger partial charge in [-0.15, -0.1) is 0 Å². The van der Waals surface area contributed by atoms with Gasteiger partial charge in [-0.25, -0.2) is 0 Å². The van der Waals surface area contributed by atoms with E-state index in [2.05, 4.69) is 48.6 Å². The molecule has 0 aromatic heterocycles. The summed E-state index contributed by atoms with van der Waals surface area (Å²) in [6.07, 6.45) is 5.03. The first-order valence-electron chi connectivity index (χ1n) is 6.58. The highest BCUT2D eigenvalue weighted by molar-refractivity contribution is 5.92. The summed E-state index contributed by atoms with van der Waals surface area (Å²) in [6.45, 7) is 0. The van der Waals surface area contributed by atoms with Gasteiger partial charge in [-0.05, 0) is 21.9 Å². The van der Waals surface area contributed by atoms with Gasteiger partial charge in [-0.2, -0.15) is 0 Å². The highest BCUT2D eigenvalue weighted by atomic mass is 16.1. The zero-order chi connectivity index (χ0) is 13.8. The second-order valence-corrected chi connectivity index (χ2v) is 4.69. The van der Waals surface area contributed by atoms with Gasteiger partial charge in [0.05, 0.1) is 0 Å². The molecule has 0 amide bonds. The molecule has 0 fully saturated rings. The van der Waals surface area contributed by atoms with E-state index in [0.717, 1.165) is 11.8 Å². The van der Waals surface area contributed by atoms with Gasteiger partial charge in [0.15, 0.2) is 0 Å². The van der Waals surface area contributed by atoms with Crippen molar-refractivity contribution < 1.29 is 4.79 Å². The van der Waals surface area contributed by atoms with Crippen LogP contribution in [-0.4, -0.2) is 6.29 Å². The van der Waals surface area contributed by atoms with Gasteiger partial charge in [0, 0.05) is 5.56 Å². The molecule has 0 aliphatic heterocycles. The van der Waals surface area contributed by atoms with Crippen LogP contribution in [0.25, 0.3) is 22.9 Å². The van der Waals surface area contributed by atoms with Crippen molar-refractivity contribution in [3.05, 3.63) is 83.4 Å². The summed E-state index contributed by atoms with van der Waals surface area (Å²) in [5, 5.41) is 2.49. The number of hydrogen-bond acceptors (Lipinski definition) is 1. The molecule has 3 aromatic carbocycles. The van der Waals surface area contributed by atoms with Gasteiger partial charge in [0.2, 0.25) is 0 Å². The lowest BCUT2D eigenvalue weighted by Crippen LogP contribution is -1.80. The van der Waals surface area contributed by atoms with E-state index in [1.807, 2.05) is 30.3 Å². The summed E-state index contributed by atoms with van der Waals surface area (Å²) in [6, 6.07) is 22.2. The van der Waals surface area contributed by atoms with Crippen LogP contribution in [0.2, 0.25) is 0 Å². The van der Waals surface area contributed by atoms with Gasteiger partial charge < -0.3 is 0 Å². The first-order valence-corrected chi connectivity index (χ1v) is 6.58. The van der Waals surface area contributed by atoms with Gasteiger partial charge >= 0.3 is 0 Å². The molecular weight excluding hydrogens is 244 g/mol. The predicted molar refractivity (Wildman–Crippen MR) is 84.7 cm³/mol. The number of aldehydes is 1. The fourth-order valence-electron chi connectivity index (χ4n) is 2.27. The predicted octanol–water partition coefficient (Wildman–Crippen LogP) is 4.82. The Hall–Kier alpha value is -2.67. The molecular formula is C19H14O. The van der Waals surface area contributed by atoms with Crippen LogP contribution >= 0.6 is 0 Å². The molecule has 96 valence electrons.